The van der Waals surface area contributed by atoms with Gasteiger partial charge in [-0.3, -0.25) is 4.79 Å². The summed E-state index contributed by atoms with van der Waals surface area (Å²) >= 11 is 6.15. The first kappa shape index (κ1) is 24.0. The van der Waals surface area contributed by atoms with Crippen molar-refractivity contribution >= 4 is 27.5 Å². The van der Waals surface area contributed by atoms with Gasteiger partial charge in [-0.25, -0.2) is 8.42 Å². The summed E-state index contributed by atoms with van der Waals surface area (Å²) in [6.07, 6.45) is 0. The summed E-state index contributed by atoms with van der Waals surface area (Å²) in [5, 5.41) is 2.94. The van der Waals surface area contributed by atoms with Gasteiger partial charge in [-0.2, -0.15) is 4.31 Å². The van der Waals surface area contributed by atoms with E-state index in [4.69, 9.17) is 21.1 Å². The Hall–Kier alpha value is -2.29. The summed E-state index contributed by atoms with van der Waals surface area (Å²) in [6.45, 7) is 5.90. The molecule has 1 amide bonds. The zero-order valence-corrected chi connectivity index (χ0v) is 19.3. The van der Waals surface area contributed by atoms with Crippen LogP contribution in [-0.4, -0.2) is 45.9 Å². The Morgan fingerprint density at radius 3 is 2.33 bits per heavy atom. The highest BCUT2D eigenvalue weighted by molar-refractivity contribution is 7.89. The van der Waals surface area contributed by atoms with Crippen LogP contribution < -0.4 is 14.8 Å². The van der Waals surface area contributed by atoms with Crippen LogP contribution in [0.2, 0.25) is 5.02 Å². The molecule has 2 aromatic rings. The lowest BCUT2D eigenvalue weighted by molar-refractivity contribution is 0.0939. The molecular weight excluding hydrogens is 428 g/mol. The van der Waals surface area contributed by atoms with Crippen molar-refractivity contribution in [3.8, 4) is 11.5 Å². The largest absolute Gasteiger partial charge is 0.497 e. The number of nitrogens with one attached hydrogen (secondary N) is 1. The van der Waals surface area contributed by atoms with E-state index in [1.54, 1.807) is 53.2 Å². The Bertz CT molecular complexity index is 1010. The van der Waals surface area contributed by atoms with Crippen molar-refractivity contribution < 1.29 is 22.7 Å². The number of rotatable bonds is 9. The van der Waals surface area contributed by atoms with Crippen LogP contribution in [0.5, 0.6) is 11.5 Å². The second-order valence-corrected chi connectivity index (χ2v) is 8.85. The van der Waals surface area contributed by atoms with Crippen LogP contribution in [0.25, 0.3) is 0 Å². The van der Waals surface area contributed by atoms with Crippen molar-refractivity contribution in [2.45, 2.75) is 31.7 Å². The molecule has 1 unspecified atom stereocenters. The van der Waals surface area contributed by atoms with Crippen molar-refractivity contribution in [3.05, 3.63) is 52.5 Å². The molecule has 9 heteroatoms. The molecule has 0 aliphatic rings. The fraction of sp³-hybridized carbons (Fsp3) is 0.381. The molecular formula is C21H27ClN2O5S. The van der Waals surface area contributed by atoms with E-state index in [-0.39, 0.29) is 15.5 Å². The Kier molecular flexibility index (Phi) is 8.11. The third-order valence-corrected chi connectivity index (χ3v) is 7.30. The summed E-state index contributed by atoms with van der Waals surface area (Å²) in [5.74, 6) is 0.801. The number of ether oxygens (including phenoxy) is 2. The van der Waals surface area contributed by atoms with Gasteiger partial charge in [-0.1, -0.05) is 25.4 Å². The molecule has 0 spiro atoms. The van der Waals surface area contributed by atoms with E-state index in [1.807, 2.05) is 0 Å². The van der Waals surface area contributed by atoms with Gasteiger partial charge in [0.15, 0.2) is 0 Å². The minimum Gasteiger partial charge on any atom is -0.497 e. The van der Waals surface area contributed by atoms with Crippen molar-refractivity contribution in [1.82, 2.24) is 9.62 Å². The van der Waals surface area contributed by atoms with E-state index in [0.29, 0.717) is 24.6 Å². The van der Waals surface area contributed by atoms with E-state index in [2.05, 4.69) is 5.32 Å². The van der Waals surface area contributed by atoms with Crippen molar-refractivity contribution in [3.63, 3.8) is 0 Å². The first-order valence-corrected chi connectivity index (χ1v) is 11.3. The molecule has 7 nitrogen and oxygen atoms in total. The van der Waals surface area contributed by atoms with Crippen molar-refractivity contribution in [2.75, 3.05) is 27.3 Å². The number of amides is 1. The number of halogens is 1. The highest BCUT2D eigenvalue weighted by Gasteiger charge is 2.26. The van der Waals surface area contributed by atoms with Gasteiger partial charge >= 0.3 is 0 Å². The fourth-order valence-electron chi connectivity index (χ4n) is 3.08. The number of hydrogen-bond acceptors (Lipinski definition) is 5. The number of methoxy groups -OCH3 is 2. The molecule has 0 bridgehead atoms. The summed E-state index contributed by atoms with van der Waals surface area (Å²) < 4.78 is 37.7. The molecule has 0 saturated carbocycles. The molecule has 30 heavy (non-hydrogen) atoms. The lowest BCUT2D eigenvalue weighted by Crippen LogP contribution is -2.31. The fourth-order valence-corrected chi connectivity index (χ4v) is 5.04. The molecule has 1 N–H and O–H groups in total. The normalized spacial score (nSPS) is 12.5. The number of benzene rings is 2. The lowest BCUT2D eigenvalue weighted by Gasteiger charge is -2.20. The number of carbonyl (C=O) groups excluding carboxylic acids is 1. The topological polar surface area (TPSA) is 84.9 Å². The number of nitrogens with zero attached hydrogens (tertiary/aromatic N) is 1. The molecule has 1 atom stereocenters. The van der Waals surface area contributed by atoms with Crippen LogP contribution in [0.1, 0.15) is 42.7 Å². The molecule has 0 aliphatic carbocycles. The summed E-state index contributed by atoms with van der Waals surface area (Å²) in [7, 11) is -0.702. The molecule has 0 radical (unpaired) electrons. The maximum Gasteiger partial charge on any atom is 0.251 e. The predicted octanol–water partition coefficient (Wildman–Crippen LogP) is 3.88. The van der Waals surface area contributed by atoms with Crippen LogP contribution >= 0.6 is 11.6 Å². The average Bonchev–Trinajstić information content (AvgIpc) is 2.73. The average molecular weight is 455 g/mol. The first-order valence-electron chi connectivity index (χ1n) is 9.52. The van der Waals surface area contributed by atoms with Crippen LogP contribution in [0.3, 0.4) is 0 Å². The summed E-state index contributed by atoms with van der Waals surface area (Å²) in [6, 6.07) is 9.11. The molecule has 0 aromatic heterocycles. The quantitative estimate of drug-likeness (QED) is 0.621. The van der Waals surface area contributed by atoms with Gasteiger partial charge < -0.3 is 14.8 Å². The Morgan fingerprint density at radius 2 is 1.77 bits per heavy atom. The van der Waals surface area contributed by atoms with E-state index in [0.717, 1.165) is 5.56 Å². The number of carbonyl (C=O) groups is 1. The molecule has 2 aromatic carbocycles. The monoisotopic (exact) mass is 454 g/mol. The summed E-state index contributed by atoms with van der Waals surface area (Å²) in [5.41, 5.74) is 0.925. The smallest absolute Gasteiger partial charge is 0.251 e. The van der Waals surface area contributed by atoms with Gasteiger partial charge in [-0.15, -0.1) is 0 Å². The minimum absolute atomic E-state index is 0.0703. The zero-order valence-electron chi connectivity index (χ0n) is 17.7. The zero-order chi connectivity index (χ0) is 22.5. The first-order chi connectivity index (χ1) is 14.2. The number of sulfonamides is 1. The lowest BCUT2D eigenvalue weighted by atomic mass is 10.1. The molecule has 0 heterocycles. The Morgan fingerprint density at radius 1 is 1.10 bits per heavy atom. The highest BCUT2D eigenvalue weighted by Crippen LogP contribution is 2.30. The van der Waals surface area contributed by atoms with Crippen molar-refractivity contribution in [1.29, 1.82) is 0 Å². The molecule has 164 valence electrons. The van der Waals surface area contributed by atoms with E-state index in [9.17, 15) is 13.2 Å². The second kappa shape index (κ2) is 10.1. The summed E-state index contributed by atoms with van der Waals surface area (Å²) in [4.78, 5) is 12.8. The van der Waals surface area contributed by atoms with E-state index >= 15 is 0 Å². The van der Waals surface area contributed by atoms with Crippen LogP contribution in [0, 0.1) is 0 Å². The highest BCUT2D eigenvalue weighted by atomic mass is 35.5. The number of hydrogen-bond donors (Lipinski definition) is 1. The van der Waals surface area contributed by atoms with Gasteiger partial charge in [0.1, 0.15) is 16.4 Å². The maximum atomic E-state index is 12.9. The predicted molar refractivity (Wildman–Crippen MR) is 117 cm³/mol. The van der Waals surface area contributed by atoms with Gasteiger partial charge in [0, 0.05) is 24.2 Å². The molecule has 0 aliphatic heterocycles. The van der Waals surface area contributed by atoms with Crippen LogP contribution in [-0.2, 0) is 10.0 Å². The second-order valence-electron chi connectivity index (χ2n) is 6.54. The Balaban J connectivity index is 2.35. The van der Waals surface area contributed by atoms with Gasteiger partial charge in [-0.05, 0) is 43.3 Å². The Labute approximate surface area is 183 Å². The van der Waals surface area contributed by atoms with Crippen LogP contribution in [0.15, 0.2) is 41.3 Å². The third-order valence-electron chi connectivity index (χ3n) is 4.77. The SMILES string of the molecule is CCN(CC)S(=O)(=O)c1cc(C(=O)NC(C)c2cc(OC)ccc2OC)ccc1Cl. The van der Waals surface area contributed by atoms with E-state index < -0.39 is 22.0 Å². The third kappa shape index (κ3) is 5.06. The maximum absolute atomic E-state index is 12.9. The molecule has 2 rings (SSSR count). The van der Waals surface area contributed by atoms with Gasteiger partial charge in [0.2, 0.25) is 10.0 Å². The standard InChI is InChI=1S/C21H27ClN2O5S/c1-6-24(7-2)30(26,27)20-12-15(8-10-18(20)22)21(25)23-14(3)17-13-16(28-4)9-11-19(17)29-5/h8-14H,6-7H2,1-5H3,(H,23,25). The minimum atomic E-state index is -3.80. The van der Waals surface area contributed by atoms with Crippen LogP contribution in [0.4, 0.5) is 0 Å². The van der Waals surface area contributed by atoms with Crippen molar-refractivity contribution in [2.24, 2.45) is 0 Å². The van der Waals surface area contributed by atoms with E-state index in [1.165, 1.54) is 22.5 Å². The molecule has 0 fully saturated rings. The molecule has 0 saturated heterocycles. The van der Waals surface area contributed by atoms with Gasteiger partial charge in [0.05, 0.1) is 25.3 Å². The van der Waals surface area contributed by atoms with Gasteiger partial charge in [0.25, 0.3) is 5.91 Å².